The zero-order valence-corrected chi connectivity index (χ0v) is 14.4. The van der Waals surface area contributed by atoms with Gasteiger partial charge in [0.1, 0.15) is 0 Å². The van der Waals surface area contributed by atoms with Gasteiger partial charge in [0, 0.05) is 15.9 Å². The highest BCUT2D eigenvalue weighted by Crippen LogP contribution is 2.55. The van der Waals surface area contributed by atoms with E-state index in [2.05, 4.69) is 34.0 Å². The number of benzene rings is 1. The maximum atomic E-state index is 13.7. The molecule has 1 atom stereocenters. The van der Waals surface area contributed by atoms with Crippen LogP contribution in [0, 0.1) is 2.88 Å². The molecule has 0 fully saturated rings. The van der Waals surface area contributed by atoms with Crippen molar-refractivity contribution in [2.24, 2.45) is 0 Å². The van der Waals surface area contributed by atoms with Crippen LogP contribution in [0.15, 0.2) is 47.8 Å². The first kappa shape index (κ1) is 12.3. The predicted octanol–water partition coefficient (Wildman–Crippen LogP) is 4.03. The molecule has 0 N–H and O–H groups in total. The van der Waals surface area contributed by atoms with Crippen LogP contribution in [0.5, 0.6) is 0 Å². The quantitative estimate of drug-likeness (QED) is 0.340. The highest BCUT2D eigenvalue weighted by molar-refractivity contribution is 14.1. The zero-order chi connectivity index (χ0) is 13.0. The van der Waals surface area contributed by atoms with Gasteiger partial charge < -0.3 is 4.57 Å². The van der Waals surface area contributed by atoms with Crippen LogP contribution in [-0.4, -0.2) is 0 Å². The Bertz CT molecular complexity index is 819. The molecule has 0 radical (unpaired) electrons. The molecule has 4 rings (SSSR count). The molecular formula is C14H8IOPS2. The summed E-state index contributed by atoms with van der Waals surface area (Å²) in [5.41, 5.74) is 0. The molecule has 0 amide bonds. The second-order valence-corrected chi connectivity index (χ2v) is 10.9. The molecule has 2 aromatic heterocycles. The predicted molar refractivity (Wildman–Crippen MR) is 93.3 cm³/mol. The lowest BCUT2D eigenvalue weighted by atomic mass is 10.4. The molecule has 1 aliphatic rings. The average Bonchev–Trinajstić information content (AvgIpc) is 3.08. The normalized spacial score (nSPS) is 20.3. The summed E-state index contributed by atoms with van der Waals surface area (Å²) in [6.45, 7) is 0. The van der Waals surface area contributed by atoms with Crippen molar-refractivity contribution in [1.29, 1.82) is 0 Å². The molecule has 1 aliphatic heterocycles. The fourth-order valence-corrected chi connectivity index (χ4v) is 9.69. The SMILES string of the molecule is O=P1(c2ccccc2)c2ccsc2-c2sc(I)cc21. The lowest BCUT2D eigenvalue weighted by molar-refractivity contribution is 0.593. The summed E-state index contributed by atoms with van der Waals surface area (Å²) in [5.74, 6) is 0. The van der Waals surface area contributed by atoms with Crippen LogP contribution < -0.4 is 15.9 Å². The van der Waals surface area contributed by atoms with E-state index in [-0.39, 0.29) is 0 Å². The lowest BCUT2D eigenvalue weighted by Gasteiger charge is -2.13. The Morgan fingerprint density at radius 3 is 2.58 bits per heavy atom. The summed E-state index contributed by atoms with van der Waals surface area (Å²) in [5, 5.41) is 5.06. The average molecular weight is 414 g/mol. The standard InChI is InChI=1S/C14H8IOPS2/c15-12-8-11-14(19-12)13-10(6-7-18-13)17(11,16)9-4-2-1-3-5-9/h1-8H. The van der Waals surface area contributed by atoms with Crippen LogP contribution in [0.3, 0.4) is 0 Å². The van der Waals surface area contributed by atoms with E-state index in [9.17, 15) is 4.57 Å². The highest BCUT2D eigenvalue weighted by Gasteiger charge is 2.42. The van der Waals surface area contributed by atoms with Crippen LogP contribution >= 0.6 is 52.4 Å². The van der Waals surface area contributed by atoms with Crippen molar-refractivity contribution >= 4 is 68.3 Å². The lowest BCUT2D eigenvalue weighted by Crippen LogP contribution is -2.19. The van der Waals surface area contributed by atoms with E-state index in [1.165, 1.54) is 12.6 Å². The van der Waals surface area contributed by atoms with Gasteiger partial charge in [-0.2, -0.15) is 0 Å². The number of hydrogen-bond donors (Lipinski definition) is 0. The molecule has 0 saturated heterocycles. The van der Waals surface area contributed by atoms with Gasteiger partial charge in [0.25, 0.3) is 0 Å². The highest BCUT2D eigenvalue weighted by atomic mass is 127. The van der Waals surface area contributed by atoms with Crippen molar-refractivity contribution < 1.29 is 4.57 Å². The molecular weight excluding hydrogens is 406 g/mol. The maximum absolute atomic E-state index is 13.7. The van der Waals surface area contributed by atoms with E-state index in [0.29, 0.717) is 0 Å². The molecule has 1 nitrogen and oxygen atoms in total. The smallest absolute Gasteiger partial charge is 0.174 e. The van der Waals surface area contributed by atoms with Crippen molar-refractivity contribution in [2.75, 3.05) is 0 Å². The van der Waals surface area contributed by atoms with Crippen LogP contribution in [0.4, 0.5) is 0 Å². The number of hydrogen-bond acceptors (Lipinski definition) is 3. The Kier molecular flexibility index (Phi) is 2.78. The second-order valence-electron chi connectivity index (χ2n) is 4.34. The number of fused-ring (bicyclic) bond motifs is 3. The van der Waals surface area contributed by atoms with Crippen LogP contribution in [0.2, 0.25) is 0 Å². The van der Waals surface area contributed by atoms with Gasteiger partial charge in [-0.15, -0.1) is 22.7 Å². The first-order valence-electron chi connectivity index (χ1n) is 5.75. The molecule has 0 saturated carbocycles. The van der Waals surface area contributed by atoms with Gasteiger partial charge in [-0.05, 0) is 40.1 Å². The summed E-state index contributed by atoms with van der Waals surface area (Å²) < 4.78 is 15.0. The Morgan fingerprint density at radius 2 is 1.79 bits per heavy atom. The van der Waals surface area contributed by atoms with E-state index < -0.39 is 7.14 Å². The van der Waals surface area contributed by atoms with E-state index in [4.69, 9.17) is 0 Å². The van der Waals surface area contributed by atoms with Crippen molar-refractivity contribution in [2.45, 2.75) is 0 Å². The van der Waals surface area contributed by atoms with Crippen molar-refractivity contribution in [3.63, 3.8) is 0 Å². The molecule has 94 valence electrons. The Balaban J connectivity index is 2.11. The number of rotatable bonds is 1. The van der Waals surface area contributed by atoms with Gasteiger partial charge in [0.05, 0.1) is 12.6 Å². The minimum Gasteiger partial charge on any atom is -0.309 e. The minimum atomic E-state index is -2.62. The summed E-state index contributed by atoms with van der Waals surface area (Å²) in [4.78, 5) is 2.41. The summed E-state index contributed by atoms with van der Waals surface area (Å²) in [6.07, 6.45) is 0. The maximum Gasteiger partial charge on any atom is 0.174 e. The van der Waals surface area contributed by atoms with Gasteiger partial charge in [0.15, 0.2) is 7.14 Å². The number of halogens is 1. The number of thiophene rings is 2. The van der Waals surface area contributed by atoms with Crippen molar-refractivity contribution in [1.82, 2.24) is 0 Å². The molecule has 5 heteroatoms. The molecule has 0 aliphatic carbocycles. The van der Waals surface area contributed by atoms with E-state index in [0.717, 1.165) is 15.9 Å². The first-order chi connectivity index (χ1) is 9.21. The summed E-state index contributed by atoms with van der Waals surface area (Å²) in [7, 11) is -2.62. The second kappa shape index (κ2) is 4.29. The van der Waals surface area contributed by atoms with E-state index in [1.807, 2.05) is 36.4 Å². The van der Waals surface area contributed by atoms with Crippen molar-refractivity contribution in [3.05, 3.63) is 50.7 Å². The summed E-state index contributed by atoms with van der Waals surface area (Å²) >= 11 is 5.76. The third-order valence-electron chi connectivity index (χ3n) is 3.33. The molecule has 0 bridgehead atoms. The third kappa shape index (κ3) is 1.60. The molecule has 1 aromatic carbocycles. The van der Waals surface area contributed by atoms with Gasteiger partial charge in [0.2, 0.25) is 0 Å². The first-order valence-corrected chi connectivity index (χ1v) is 10.2. The topological polar surface area (TPSA) is 17.1 Å². The molecule has 3 heterocycles. The zero-order valence-electron chi connectivity index (χ0n) is 9.67. The molecule has 19 heavy (non-hydrogen) atoms. The minimum absolute atomic E-state index is 0.947. The van der Waals surface area contributed by atoms with Crippen LogP contribution in [0.1, 0.15) is 0 Å². The van der Waals surface area contributed by atoms with Gasteiger partial charge in [-0.1, -0.05) is 30.3 Å². The fourth-order valence-electron chi connectivity index (χ4n) is 2.52. The van der Waals surface area contributed by atoms with Gasteiger partial charge in [-0.3, -0.25) is 0 Å². The molecule has 1 unspecified atom stereocenters. The van der Waals surface area contributed by atoms with Crippen LogP contribution in [-0.2, 0) is 4.57 Å². The van der Waals surface area contributed by atoms with Gasteiger partial charge >= 0.3 is 0 Å². The monoisotopic (exact) mass is 414 g/mol. The van der Waals surface area contributed by atoms with Crippen LogP contribution in [0.25, 0.3) is 9.75 Å². The largest absolute Gasteiger partial charge is 0.309 e. The molecule has 3 aromatic rings. The fraction of sp³-hybridized carbons (Fsp3) is 0. The Hall–Kier alpha value is -0.420. The van der Waals surface area contributed by atoms with Crippen molar-refractivity contribution in [3.8, 4) is 9.75 Å². The van der Waals surface area contributed by atoms with Gasteiger partial charge in [-0.25, -0.2) is 0 Å². The molecule has 0 spiro atoms. The van der Waals surface area contributed by atoms with E-state index in [1.54, 1.807) is 22.7 Å². The summed E-state index contributed by atoms with van der Waals surface area (Å²) in [6, 6.07) is 14.0. The Morgan fingerprint density at radius 1 is 1.00 bits per heavy atom. The Labute approximate surface area is 132 Å². The third-order valence-corrected chi connectivity index (χ3v) is 9.72. The van der Waals surface area contributed by atoms with E-state index >= 15 is 0 Å².